The summed E-state index contributed by atoms with van der Waals surface area (Å²) in [5, 5.41) is 2.76. The lowest BCUT2D eigenvalue weighted by Gasteiger charge is -2.40. The van der Waals surface area contributed by atoms with E-state index in [0.717, 1.165) is 45.6 Å². The van der Waals surface area contributed by atoms with Gasteiger partial charge in [-0.15, -0.1) is 0 Å². The fourth-order valence-corrected chi connectivity index (χ4v) is 4.99. The summed E-state index contributed by atoms with van der Waals surface area (Å²) < 4.78 is 0. The van der Waals surface area contributed by atoms with E-state index in [9.17, 15) is 9.59 Å². The van der Waals surface area contributed by atoms with Crippen molar-refractivity contribution < 1.29 is 9.59 Å². The summed E-state index contributed by atoms with van der Waals surface area (Å²) in [5.74, 6) is -0.0574. The molecule has 4 rings (SSSR count). The molecule has 5 heteroatoms. The second kappa shape index (κ2) is 9.00. The Labute approximate surface area is 179 Å². The van der Waals surface area contributed by atoms with E-state index in [4.69, 9.17) is 0 Å². The van der Waals surface area contributed by atoms with Gasteiger partial charge in [0.15, 0.2) is 0 Å². The van der Waals surface area contributed by atoms with E-state index in [2.05, 4.69) is 40.5 Å². The Morgan fingerprint density at radius 1 is 1.00 bits per heavy atom. The van der Waals surface area contributed by atoms with Gasteiger partial charge in [-0.05, 0) is 56.0 Å². The lowest BCUT2D eigenvalue weighted by atomic mass is 9.79. The Bertz CT molecular complexity index is 898. The van der Waals surface area contributed by atoms with E-state index >= 15 is 0 Å². The van der Waals surface area contributed by atoms with Gasteiger partial charge in [-0.3, -0.25) is 9.59 Å². The van der Waals surface area contributed by atoms with Crippen molar-refractivity contribution in [3.8, 4) is 0 Å². The lowest BCUT2D eigenvalue weighted by molar-refractivity contribution is -0.114. The highest BCUT2D eigenvalue weighted by Crippen LogP contribution is 2.39. The third-order valence-electron chi connectivity index (χ3n) is 6.46. The Balaban J connectivity index is 1.36. The number of likely N-dealkylation sites (tertiary alicyclic amines) is 2. The number of hydrogen-bond donors (Lipinski definition) is 1. The fourth-order valence-electron chi connectivity index (χ4n) is 4.99. The molecule has 2 saturated heterocycles. The van der Waals surface area contributed by atoms with E-state index in [1.165, 1.54) is 25.3 Å². The number of piperidine rings is 1. The van der Waals surface area contributed by atoms with Gasteiger partial charge in [0, 0.05) is 49.8 Å². The zero-order valence-electron chi connectivity index (χ0n) is 17.8. The molecule has 2 fully saturated rings. The van der Waals surface area contributed by atoms with Gasteiger partial charge in [0.25, 0.3) is 5.91 Å². The molecule has 2 aromatic carbocycles. The Kier molecular flexibility index (Phi) is 6.18. The fraction of sp³-hybridized carbons (Fsp3) is 0.440. The van der Waals surface area contributed by atoms with E-state index in [0.29, 0.717) is 11.3 Å². The second-order valence-electron chi connectivity index (χ2n) is 8.85. The van der Waals surface area contributed by atoms with E-state index < -0.39 is 0 Å². The third-order valence-corrected chi connectivity index (χ3v) is 6.46. The summed E-state index contributed by atoms with van der Waals surface area (Å²) in [6.07, 6.45) is 4.56. The van der Waals surface area contributed by atoms with Crippen molar-refractivity contribution >= 4 is 17.5 Å². The van der Waals surface area contributed by atoms with Crippen LogP contribution in [-0.4, -0.2) is 54.3 Å². The minimum Gasteiger partial charge on any atom is -0.338 e. The first-order valence-corrected chi connectivity index (χ1v) is 11.0. The number of rotatable bonds is 5. The molecule has 0 aliphatic carbocycles. The molecule has 0 bridgehead atoms. The first kappa shape index (κ1) is 20.6. The molecule has 158 valence electrons. The van der Waals surface area contributed by atoms with Crippen molar-refractivity contribution in [3.05, 3.63) is 65.7 Å². The largest absolute Gasteiger partial charge is 0.338 e. The van der Waals surface area contributed by atoms with Crippen LogP contribution in [0.4, 0.5) is 5.69 Å². The summed E-state index contributed by atoms with van der Waals surface area (Å²) in [7, 11) is 0. The van der Waals surface area contributed by atoms with E-state index in [-0.39, 0.29) is 17.2 Å². The molecule has 0 radical (unpaired) electrons. The summed E-state index contributed by atoms with van der Waals surface area (Å²) in [6.45, 7) is 6.44. The monoisotopic (exact) mass is 405 g/mol. The zero-order chi connectivity index (χ0) is 21.0. The van der Waals surface area contributed by atoms with Gasteiger partial charge in [0.2, 0.25) is 5.91 Å². The predicted molar refractivity (Wildman–Crippen MR) is 120 cm³/mol. The van der Waals surface area contributed by atoms with Gasteiger partial charge in [0.05, 0.1) is 0 Å². The van der Waals surface area contributed by atoms with Crippen molar-refractivity contribution in [2.24, 2.45) is 5.41 Å². The molecule has 5 nitrogen and oxygen atoms in total. The second-order valence-corrected chi connectivity index (χ2v) is 8.85. The van der Waals surface area contributed by atoms with Crippen molar-refractivity contribution in [3.63, 3.8) is 0 Å². The van der Waals surface area contributed by atoms with Gasteiger partial charge in [-0.1, -0.05) is 36.4 Å². The number of benzene rings is 2. The quantitative estimate of drug-likeness (QED) is 0.823. The van der Waals surface area contributed by atoms with Crippen LogP contribution in [0.5, 0.6) is 0 Å². The normalized spacial score (nSPS) is 21.7. The number of carbonyl (C=O) groups is 2. The minimum absolute atomic E-state index is 0.0699. The molecule has 2 aliphatic heterocycles. The summed E-state index contributed by atoms with van der Waals surface area (Å²) in [4.78, 5) is 29.0. The van der Waals surface area contributed by atoms with Gasteiger partial charge in [-0.25, -0.2) is 0 Å². The van der Waals surface area contributed by atoms with Crippen LogP contribution in [0.25, 0.3) is 0 Å². The summed E-state index contributed by atoms with van der Waals surface area (Å²) >= 11 is 0. The lowest BCUT2D eigenvalue weighted by Crippen LogP contribution is -2.46. The molecule has 0 aromatic heterocycles. The number of anilines is 1. The highest BCUT2D eigenvalue weighted by Gasteiger charge is 2.42. The number of hydrogen-bond acceptors (Lipinski definition) is 3. The molecule has 2 aliphatic rings. The summed E-state index contributed by atoms with van der Waals surface area (Å²) in [5.41, 5.74) is 2.93. The Morgan fingerprint density at radius 2 is 1.83 bits per heavy atom. The number of carbonyl (C=O) groups excluding carboxylic acids is 2. The van der Waals surface area contributed by atoms with Crippen LogP contribution in [0.1, 0.15) is 42.1 Å². The number of nitrogens with zero attached hydrogens (tertiary/aromatic N) is 2. The van der Waals surface area contributed by atoms with E-state index in [1.807, 2.05) is 23.1 Å². The molecular formula is C25H31N3O2. The van der Waals surface area contributed by atoms with Crippen LogP contribution in [0.15, 0.2) is 54.6 Å². The van der Waals surface area contributed by atoms with Crippen LogP contribution in [0.2, 0.25) is 0 Å². The number of amides is 2. The molecule has 2 amide bonds. The zero-order valence-corrected chi connectivity index (χ0v) is 17.8. The SMILES string of the molecule is CC(=O)Nc1cccc(C(=O)N2CC[C@]3(CCCN(CCc4ccccc4)C3)C2)c1. The van der Waals surface area contributed by atoms with Gasteiger partial charge >= 0.3 is 0 Å². The molecule has 2 heterocycles. The van der Waals surface area contributed by atoms with Crippen LogP contribution in [-0.2, 0) is 11.2 Å². The van der Waals surface area contributed by atoms with Gasteiger partial charge < -0.3 is 15.1 Å². The number of nitrogens with one attached hydrogen (secondary N) is 1. The summed E-state index contributed by atoms with van der Waals surface area (Å²) in [6, 6.07) is 17.9. The standard InChI is InChI=1S/C25H31N3O2/c1-20(29)26-23-10-5-9-22(17-23)24(30)28-16-13-25(19-28)12-6-14-27(18-25)15-11-21-7-3-2-4-8-21/h2-5,7-10,17H,6,11-16,18-19H2,1H3,(H,26,29)/t25-/m0/s1. The molecule has 0 saturated carbocycles. The van der Waals surface area contributed by atoms with Crippen molar-refractivity contribution in [2.75, 3.05) is 38.0 Å². The molecule has 0 unspecified atom stereocenters. The Hall–Kier alpha value is -2.66. The average molecular weight is 406 g/mol. The smallest absolute Gasteiger partial charge is 0.253 e. The highest BCUT2D eigenvalue weighted by atomic mass is 16.2. The van der Waals surface area contributed by atoms with Crippen LogP contribution >= 0.6 is 0 Å². The first-order chi connectivity index (χ1) is 14.5. The molecule has 1 atom stereocenters. The van der Waals surface area contributed by atoms with Gasteiger partial charge in [-0.2, -0.15) is 0 Å². The van der Waals surface area contributed by atoms with Crippen LogP contribution in [0, 0.1) is 5.41 Å². The van der Waals surface area contributed by atoms with Crippen molar-refractivity contribution in [1.29, 1.82) is 0 Å². The third kappa shape index (κ3) is 4.90. The minimum atomic E-state index is -0.127. The van der Waals surface area contributed by atoms with Crippen molar-refractivity contribution in [1.82, 2.24) is 9.80 Å². The van der Waals surface area contributed by atoms with Crippen LogP contribution < -0.4 is 5.32 Å². The first-order valence-electron chi connectivity index (χ1n) is 11.0. The predicted octanol–water partition coefficient (Wildman–Crippen LogP) is 3.82. The molecule has 2 aromatic rings. The van der Waals surface area contributed by atoms with Gasteiger partial charge in [0.1, 0.15) is 0 Å². The highest BCUT2D eigenvalue weighted by molar-refractivity contribution is 5.97. The maximum absolute atomic E-state index is 13.1. The molecule has 1 N–H and O–H groups in total. The maximum Gasteiger partial charge on any atom is 0.253 e. The van der Waals surface area contributed by atoms with Crippen molar-refractivity contribution in [2.45, 2.75) is 32.6 Å². The molecular weight excluding hydrogens is 374 g/mol. The van der Waals surface area contributed by atoms with E-state index in [1.54, 1.807) is 6.07 Å². The maximum atomic E-state index is 13.1. The molecule has 1 spiro atoms. The average Bonchev–Trinajstić information content (AvgIpc) is 3.15. The Morgan fingerprint density at radius 3 is 2.63 bits per heavy atom. The molecule has 30 heavy (non-hydrogen) atoms. The van der Waals surface area contributed by atoms with Crippen LogP contribution in [0.3, 0.4) is 0 Å². The topological polar surface area (TPSA) is 52.7 Å².